The fourth-order valence-electron chi connectivity index (χ4n) is 3.13. The normalized spacial score (nSPS) is 15.9. The fourth-order valence-corrected chi connectivity index (χ4v) is 3.13. The molecule has 1 fully saturated rings. The van der Waals surface area contributed by atoms with Gasteiger partial charge in [-0.3, -0.25) is 14.8 Å². The molecule has 124 valence electrons. The highest BCUT2D eigenvalue weighted by atomic mass is 16.5. The summed E-state index contributed by atoms with van der Waals surface area (Å²) in [5, 5.41) is 9.07. The molecule has 1 atom stereocenters. The number of nitrogens with one attached hydrogen (secondary N) is 1. The van der Waals surface area contributed by atoms with E-state index in [4.69, 9.17) is 5.21 Å². The Bertz CT molecular complexity index is 713. The molecular formula is C19H20N2O3. The molecule has 0 bridgehead atoms. The predicted octanol–water partition coefficient (Wildman–Crippen LogP) is 2.84. The van der Waals surface area contributed by atoms with E-state index in [1.54, 1.807) is 10.4 Å². The summed E-state index contributed by atoms with van der Waals surface area (Å²) >= 11 is 0. The number of amides is 2. The van der Waals surface area contributed by atoms with Crippen LogP contribution >= 0.6 is 0 Å². The number of benzene rings is 2. The zero-order valence-electron chi connectivity index (χ0n) is 13.3. The van der Waals surface area contributed by atoms with E-state index in [-0.39, 0.29) is 5.91 Å². The molecule has 1 unspecified atom stereocenters. The number of rotatable bonds is 4. The Morgan fingerprint density at radius 2 is 1.67 bits per heavy atom. The van der Waals surface area contributed by atoms with Crippen LogP contribution < -0.4 is 10.4 Å². The van der Waals surface area contributed by atoms with Crippen molar-refractivity contribution in [2.45, 2.75) is 25.2 Å². The van der Waals surface area contributed by atoms with Gasteiger partial charge in [0.25, 0.3) is 5.91 Å². The number of hydrogen-bond acceptors (Lipinski definition) is 3. The van der Waals surface area contributed by atoms with Crippen LogP contribution in [0.15, 0.2) is 54.6 Å². The third kappa shape index (κ3) is 3.31. The first-order valence-electron chi connectivity index (χ1n) is 8.10. The summed E-state index contributed by atoms with van der Waals surface area (Å²) in [5.74, 6) is -0.938. The molecule has 0 spiro atoms. The van der Waals surface area contributed by atoms with Crippen LogP contribution in [0.25, 0.3) is 0 Å². The van der Waals surface area contributed by atoms with Gasteiger partial charge in [0.2, 0.25) is 5.91 Å². The third-order valence-electron chi connectivity index (χ3n) is 4.37. The quantitative estimate of drug-likeness (QED) is 0.671. The lowest BCUT2D eigenvalue weighted by molar-refractivity contribution is -0.129. The molecular weight excluding hydrogens is 304 g/mol. The molecule has 1 saturated heterocycles. The summed E-state index contributed by atoms with van der Waals surface area (Å²) in [5.41, 5.74) is 4.15. The van der Waals surface area contributed by atoms with E-state index in [2.05, 4.69) is 0 Å². The molecule has 24 heavy (non-hydrogen) atoms. The van der Waals surface area contributed by atoms with Gasteiger partial charge in [-0.05, 0) is 36.1 Å². The van der Waals surface area contributed by atoms with Gasteiger partial charge in [0.1, 0.15) is 0 Å². The van der Waals surface area contributed by atoms with Crippen LogP contribution in [0.2, 0.25) is 0 Å². The first kappa shape index (κ1) is 16.2. The van der Waals surface area contributed by atoms with E-state index in [1.165, 1.54) is 0 Å². The van der Waals surface area contributed by atoms with Crippen molar-refractivity contribution in [3.63, 3.8) is 0 Å². The Morgan fingerprint density at radius 3 is 2.29 bits per heavy atom. The summed E-state index contributed by atoms with van der Waals surface area (Å²) < 4.78 is 0. The highest BCUT2D eigenvalue weighted by Gasteiger charge is 2.24. The largest absolute Gasteiger partial charge is 0.312 e. The van der Waals surface area contributed by atoms with Crippen LogP contribution in [0.1, 0.15) is 36.3 Å². The molecule has 5 nitrogen and oxygen atoms in total. The fraction of sp³-hybridized carbons (Fsp3) is 0.263. The molecule has 1 aliphatic rings. The van der Waals surface area contributed by atoms with Crippen molar-refractivity contribution in [3.05, 3.63) is 65.7 Å². The standard InChI is InChI=1S/C19H20N2O3/c22-17-8-4-5-13-21(17)16-11-9-15(10-12-16)18(19(23)20-24)14-6-2-1-3-7-14/h1-3,6-7,9-12,18,24H,4-5,8,13H2,(H,20,23). The molecule has 3 rings (SSSR count). The van der Waals surface area contributed by atoms with Gasteiger partial charge < -0.3 is 4.90 Å². The lowest BCUT2D eigenvalue weighted by Crippen LogP contribution is -2.35. The first-order valence-corrected chi connectivity index (χ1v) is 8.10. The number of carbonyl (C=O) groups excluding carboxylic acids is 2. The number of carbonyl (C=O) groups is 2. The van der Waals surface area contributed by atoms with Gasteiger partial charge in [0, 0.05) is 18.7 Å². The molecule has 2 amide bonds. The number of hydroxylamine groups is 1. The van der Waals surface area contributed by atoms with Crippen molar-refractivity contribution in [1.29, 1.82) is 0 Å². The number of hydrogen-bond donors (Lipinski definition) is 2. The van der Waals surface area contributed by atoms with Gasteiger partial charge in [-0.2, -0.15) is 0 Å². The second-order valence-corrected chi connectivity index (χ2v) is 5.91. The molecule has 0 aromatic heterocycles. The Kier molecular flexibility index (Phi) is 4.91. The van der Waals surface area contributed by atoms with E-state index in [0.29, 0.717) is 6.42 Å². The molecule has 5 heteroatoms. The number of anilines is 1. The van der Waals surface area contributed by atoms with Crippen LogP contribution in [-0.2, 0) is 9.59 Å². The second-order valence-electron chi connectivity index (χ2n) is 5.91. The van der Waals surface area contributed by atoms with E-state index < -0.39 is 11.8 Å². The van der Waals surface area contributed by atoms with E-state index >= 15 is 0 Å². The topological polar surface area (TPSA) is 69.6 Å². The first-order chi connectivity index (χ1) is 11.7. The highest BCUT2D eigenvalue weighted by molar-refractivity contribution is 5.94. The average Bonchev–Trinajstić information content (AvgIpc) is 2.64. The molecule has 0 radical (unpaired) electrons. The molecule has 2 N–H and O–H groups in total. The van der Waals surface area contributed by atoms with Gasteiger partial charge in [-0.15, -0.1) is 0 Å². The lowest BCUT2D eigenvalue weighted by atomic mass is 9.90. The van der Waals surface area contributed by atoms with Crippen molar-refractivity contribution in [1.82, 2.24) is 5.48 Å². The Balaban J connectivity index is 1.89. The maximum atomic E-state index is 12.1. The molecule has 2 aromatic rings. The summed E-state index contributed by atoms with van der Waals surface area (Å²) in [6.45, 7) is 0.734. The van der Waals surface area contributed by atoms with E-state index in [9.17, 15) is 9.59 Å². The van der Waals surface area contributed by atoms with Crippen molar-refractivity contribution in [2.24, 2.45) is 0 Å². The molecule has 1 heterocycles. The Labute approximate surface area is 140 Å². The summed E-state index contributed by atoms with van der Waals surface area (Å²) in [6.07, 6.45) is 2.54. The van der Waals surface area contributed by atoms with Crippen LogP contribution in [0, 0.1) is 0 Å². The van der Waals surface area contributed by atoms with Gasteiger partial charge in [0.05, 0.1) is 5.92 Å². The summed E-state index contributed by atoms with van der Waals surface area (Å²) in [7, 11) is 0. The SMILES string of the molecule is O=C(NO)C(c1ccccc1)c1ccc(N2CCCCC2=O)cc1. The van der Waals surface area contributed by atoms with Gasteiger partial charge >= 0.3 is 0 Å². The third-order valence-corrected chi connectivity index (χ3v) is 4.37. The zero-order chi connectivity index (χ0) is 16.9. The maximum Gasteiger partial charge on any atom is 0.255 e. The highest BCUT2D eigenvalue weighted by Crippen LogP contribution is 2.28. The van der Waals surface area contributed by atoms with Crippen LogP contribution in [0.4, 0.5) is 5.69 Å². The number of nitrogens with zero attached hydrogens (tertiary/aromatic N) is 1. The minimum atomic E-state index is -0.595. The van der Waals surface area contributed by atoms with Crippen LogP contribution in [-0.4, -0.2) is 23.6 Å². The smallest absolute Gasteiger partial charge is 0.255 e. The summed E-state index contributed by atoms with van der Waals surface area (Å²) in [4.78, 5) is 25.9. The Morgan fingerprint density at radius 1 is 1.00 bits per heavy atom. The maximum absolute atomic E-state index is 12.1. The monoisotopic (exact) mass is 324 g/mol. The Hall–Kier alpha value is -2.66. The van der Waals surface area contributed by atoms with Gasteiger partial charge in [-0.25, -0.2) is 5.48 Å². The van der Waals surface area contributed by atoms with Crippen LogP contribution in [0.5, 0.6) is 0 Å². The second kappa shape index (κ2) is 7.27. The molecule has 0 saturated carbocycles. The molecule has 2 aromatic carbocycles. The number of piperidine rings is 1. The zero-order valence-corrected chi connectivity index (χ0v) is 13.3. The minimum absolute atomic E-state index is 0.140. The molecule has 0 aliphatic carbocycles. The molecule has 1 aliphatic heterocycles. The predicted molar refractivity (Wildman–Crippen MR) is 90.9 cm³/mol. The van der Waals surface area contributed by atoms with Crippen molar-refractivity contribution >= 4 is 17.5 Å². The lowest BCUT2D eigenvalue weighted by Gasteiger charge is -2.27. The van der Waals surface area contributed by atoms with Crippen molar-refractivity contribution in [3.8, 4) is 0 Å². The van der Waals surface area contributed by atoms with E-state index in [0.717, 1.165) is 36.2 Å². The van der Waals surface area contributed by atoms with Crippen molar-refractivity contribution in [2.75, 3.05) is 11.4 Å². The van der Waals surface area contributed by atoms with Gasteiger partial charge in [0.15, 0.2) is 0 Å². The average molecular weight is 324 g/mol. The van der Waals surface area contributed by atoms with Crippen molar-refractivity contribution < 1.29 is 14.8 Å². The van der Waals surface area contributed by atoms with Gasteiger partial charge in [-0.1, -0.05) is 42.5 Å². The van der Waals surface area contributed by atoms with Crippen LogP contribution in [0.3, 0.4) is 0 Å². The minimum Gasteiger partial charge on any atom is -0.312 e. The summed E-state index contributed by atoms with van der Waals surface area (Å²) in [6, 6.07) is 16.7. The van der Waals surface area contributed by atoms with E-state index in [1.807, 2.05) is 54.6 Å².